The second kappa shape index (κ2) is 8.08. The second-order valence-electron chi connectivity index (χ2n) is 6.07. The van der Waals surface area contributed by atoms with Gasteiger partial charge in [0.25, 0.3) is 5.56 Å². The Morgan fingerprint density at radius 1 is 1.00 bits per heavy atom. The summed E-state index contributed by atoms with van der Waals surface area (Å²) in [5.74, 6) is -0.591. The topological polar surface area (TPSA) is 64.0 Å². The van der Waals surface area contributed by atoms with E-state index >= 15 is 0 Å². The van der Waals surface area contributed by atoms with Crippen LogP contribution in [0.5, 0.6) is 0 Å². The molecule has 5 nitrogen and oxygen atoms in total. The maximum atomic E-state index is 12.9. The van der Waals surface area contributed by atoms with Crippen LogP contribution in [-0.4, -0.2) is 15.5 Å². The Hall–Kier alpha value is -3.42. The highest BCUT2D eigenvalue weighted by molar-refractivity contribution is 5.76. The quantitative estimate of drug-likeness (QED) is 0.732. The molecule has 3 aromatic rings. The molecule has 144 valence electrons. The SMILES string of the molecule is O=C(Cn1cc(C(F)(F)F)ccc1=O)NC(c1ccccc1)c1ccncc1. The van der Waals surface area contributed by atoms with Crippen molar-refractivity contribution in [2.45, 2.75) is 18.8 Å². The van der Waals surface area contributed by atoms with Crippen molar-refractivity contribution in [1.82, 2.24) is 14.9 Å². The zero-order chi connectivity index (χ0) is 20.1. The summed E-state index contributed by atoms with van der Waals surface area (Å²) in [7, 11) is 0. The number of hydrogen-bond acceptors (Lipinski definition) is 3. The highest BCUT2D eigenvalue weighted by Crippen LogP contribution is 2.28. The summed E-state index contributed by atoms with van der Waals surface area (Å²) in [5, 5.41) is 2.78. The first-order valence-corrected chi connectivity index (χ1v) is 8.36. The van der Waals surface area contributed by atoms with E-state index < -0.39 is 35.8 Å². The van der Waals surface area contributed by atoms with Crippen molar-refractivity contribution in [3.63, 3.8) is 0 Å². The fourth-order valence-corrected chi connectivity index (χ4v) is 2.74. The summed E-state index contributed by atoms with van der Waals surface area (Å²) in [4.78, 5) is 28.3. The number of carbonyl (C=O) groups excluding carboxylic acids is 1. The van der Waals surface area contributed by atoms with Gasteiger partial charge in [0.2, 0.25) is 5.91 Å². The van der Waals surface area contributed by atoms with Gasteiger partial charge in [-0.05, 0) is 29.3 Å². The van der Waals surface area contributed by atoms with Crippen LogP contribution in [0.25, 0.3) is 0 Å². The third-order valence-corrected chi connectivity index (χ3v) is 4.10. The smallest absolute Gasteiger partial charge is 0.344 e. The van der Waals surface area contributed by atoms with E-state index in [-0.39, 0.29) is 0 Å². The molecule has 1 N–H and O–H groups in total. The van der Waals surface area contributed by atoms with Gasteiger partial charge in [0.1, 0.15) is 6.54 Å². The van der Waals surface area contributed by atoms with Crippen molar-refractivity contribution in [1.29, 1.82) is 0 Å². The van der Waals surface area contributed by atoms with Crippen LogP contribution in [0.1, 0.15) is 22.7 Å². The minimum absolute atomic E-state index is 0.529. The summed E-state index contributed by atoms with van der Waals surface area (Å²) in [6.45, 7) is -0.531. The van der Waals surface area contributed by atoms with Crippen LogP contribution in [-0.2, 0) is 17.5 Å². The molecule has 0 saturated carbocycles. The van der Waals surface area contributed by atoms with E-state index in [9.17, 15) is 22.8 Å². The van der Waals surface area contributed by atoms with Crippen molar-refractivity contribution < 1.29 is 18.0 Å². The van der Waals surface area contributed by atoms with E-state index in [1.165, 1.54) is 0 Å². The maximum Gasteiger partial charge on any atom is 0.417 e. The van der Waals surface area contributed by atoms with E-state index in [1.54, 1.807) is 24.5 Å². The van der Waals surface area contributed by atoms with Crippen LogP contribution < -0.4 is 10.9 Å². The Morgan fingerprint density at radius 2 is 1.64 bits per heavy atom. The Balaban J connectivity index is 1.85. The van der Waals surface area contributed by atoms with Crippen LogP contribution in [0, 0.1) is 0 Å². The predicted molar refractivity (Wildman–Crippen MR) is 96.4 cm³/mol. The highest BCUT2D eigenvalue weighted by Gasteiger charge is 2.31. The fraction of sp³-hybridized carbons (Fsp3) is 0.150. The van der Waals surface area contributed by atoms with Gasteiger partial charge in [-0.25, -0.2) is 0 Å². The molecule has 0 aliphatic carbocycles. The number of halogens is 3. The summed E-state index contributed by atoms with van der Waals surface area (Å²) < 4.78 is 39.3. The maximum absolute atomic E-state index is 12.9. The van der Waals surface area contributed by atoms with Crippen molar-refractivity contribution in [3.05, 3.63) is 100 Å². The van der Waals surface area contributed by atoms with Crippen molar-refractivity contribution >= 4 is 5.91 Å². The number of hydrogen-bond donors (Lipinski definition) is 1. The van der Waals surface area contributed by atoms with E-state index in [0.717, 1.165) is 21.8 Å². The molecule has 2 heterocycles. The summed E-state index contributed by atoms with van der Waals surface area (Å²) in [6.07, 6.45) is -0.801. The van der Waals surface area contributed by atoms with Gasteiger partial charge in [-0.1, -0.05) is 30.3 Å². The van der Waals surface area contributed by atoms with Crippen molar-refractivity contribution in [2.24, 2.45) is 0 Å². The molecule has 0 bridgehead atoms. The molecule has 3 rings (SSSR count). The largest absolute Gasteiger partial charge is 0.417 e. The Morgan fingerprint density at radius 3 is 2.29 bits per heavy atom. The van der Waals surface area contributed by atoms with Gasteiger partial charge in [0.05, 0.1) is 11.6 Å². The number of pyridine rings is 2. The first-order valence-electron chi connectivity index (χ1n) is 8.36. The first kappa shape index (κ1) is 19.3. The number of aromatic nitrogens is 2. The van der Waals surface area contributed by atoms with Crippen LogP contribution in [0.3, 0.4) is 0 Å². The van der Waals surface area contributed by atoms with E-state index in [1.807, 2.05) is 30.3 Å². The van der Waals surface area contributed by atoms with Gasteiger partial charge in [0.15, 0.2) is 0 Å². The van der Waals surface area contributed by atoms with Crippen LogP contribution >= 0.6 is 0 Å². The van der Waals surface area contributed by atoms with Gasteiger partial charge in [0, 0.05) is 24.7 Å². The number of nitrogens with zero attached hydrogens (tertiary/aromatic N) is 2. The number of nitrogens with one attached hydrogen (secondary N) is 1. The number of alkyl halides is 3. The first-order chi connectivity index (χ1) is 13.3. The second-order valence-corrected chi connectivity index (χ2v) is 6.07. The van der Waals surface area contributed by atoms with Crippen LogP contribution in [0.2, 0.25) is 0 Å². The molecule has 1 aromatic carbocycles. The third-order valence-electron chi connectivity index (χ3n) is 4.10. The third kappa shape index (κ3) is 4.64. The Labute approximate surface area is 158 Å². The molecule has 1 amide bonds. The molecule has 8 heteroatoms. The van der Waals surface area contributed by atoms with Gasteiger partial charge < -0.3 is 9.88 Å². The molecule has 0 aliphatic heterocycles. The minimum Gasteiger partial charge on any atom is -0.344 e. The summed E-state index contributed by atoms with van der Waals surface area (Å²) in [5.41, 5.74) is -0.138. The monoisotopic (exact) mass is 387 g/mol. The lowest BCUT2D eigenvalue weighted by Gasteiger charge is -2.20. The van der Waals surface area contributed by atoms with Crippen LogP contribution in [0.15, 0.2) is 78.0 Å². The zero-order valence-electron chi connectivity index (χ0n) is 14.6. The molecular weight excluding hydrogens is 371 g/mol. The Kier molecular flexibility index (Phi) is 5.58. The number of amides is 1. The lowest BCUT2D eigenvalue weighted by atomic mass is 9.99. The molecule has 1 unspecified atom stereocenters. The molecule has 0 radical (unpaired) electrons. The molecule has 0 spiro atoms. The van der Waals surface area contributed by atoms with Crippen LogP contribution in [0.4, 0.5) is 13.2 Å². The molecule has 0 fully saturated rings. The van der Waals surface area contributed by atoms with E-state index in [0.29, 0.717) is 12.3 Å². The zero-order valence-corrected chi connectivity index (χ0v) is 14.6. The standard InChI is InChI=1S/C20H16F3N3O2/c21-20(22,23)16-6-7-18(28)26(12-16)13-17(27)25-19(14-4-2-1-3-5-14)15-8-10-24-11-9-15/h1-12,19H,13H2,(H,25,27). The van der Waals surface area contributed by atoms with Gasteiger partial charge >= 0.3 is 6.18 Å². The van der Waals surface area contributed by atoms with Crippen molar-refractivity contribution in [2.75, 3.05) is 0 Å². The molecule has 0 aliphatic rings. The van der Waals surface area contributed by atoms with E-state index in [2.05, 4.69) is 10.3 Å². The minimum atomic E-state index is -4.60. The van der Waals surface area contributed by atoms with Gasteiger partial charge in [-0.3, -0.25) is 14.6 Å². The lowest BCUT2D eigenvalue weighted by molar-refractivity contribution is -0.138. The summed E-state index contributed by atoms with van der Waals surface area (Å²) in [6, 6.07) is 13.5. The number of rotatable bonds is 5. The molecule has 28 heavy (non-hydrogen) atoms. The van der Waals surface area contributed by atoms with Gasteiger partial charge in [-0.2, -0.15) is 13.2 Å². The molecule has 0 saturated heterocycles. The fourth-order valence-electron chi connectivity index (χ4n) is 2.74. The lowest BCUT2D eigenvalue weighted by Crippen LogP contribution is -2.35. The number of benzene rings is 1. The average Bonchev–Trinajstić information content (AvgIpc) is 2.68. The Bertz CT molecular complexity index is 963. The number of carbonyl (C=O) groups is 1. The van der Waals surface area contributed by atoms with Gasteiger partial charge in [-0.15, -0.1) is 0 Å². The molecule has 1 atom stereocenters. The normalized spacial score (nSPS) is 12.4. The molecular formula is C20H16F3N3O2. The van der Waals surface area contributed by atoms with Crippen molar-refractivity contribution in [3.8, 4) is 0 Å². The molecule has 2 aromatic heterocycles. The van der Waals surface area contributed by atoms with E-state index in [4.69, 9.17) is 0 Å². The highest BCUT2D eigenvalue weighted by atomic mass is 19.4. The summed E-state index contributed by atoms with van der Waals surface area (Å²) >= 11 is 0. The predicted octanol–water partition coefficient (Wildman–Crippen LogP) is 3.17. The average molecular weight is 387 g/mol.